The molecule has 2 aromatic carbocycles. The highest BCUT2D eigenvalue weighted by Gasteiger charge is 2.16. The highest BCUT2D eigenvalue weighted by atomic mass is 19.1. The van der Waals surface area contributed by atoms with Crippen LogP contribution in [0.1, 0.15) is 21.5 Å². The molecule has 0 aliphatic heterocycles. The van der Waals surface area contributed by atoms with Gasteiger partial charge in [-0.2, -0.15) is 0 Å². The normalized spacial score (nSPS) is 10.3. The first-order valence-electron chi connectivity index (χ1n) is 5.88. The Morgan fingerprint density at radius 1 is 1.20 bits per heavy atom. The quantitative estimate of drug-likeness (QED) is 0.930. The Morgan fingerprint density at radius 3 is 2.40 bits per heavy atom. The van der Waals surface area contributed by atoms with Crippen LogP contribution >= 0.6 is 0 Å². The number of benzene rings is 2. The summed E-state index contributed by atoms with van der Waals surface area (Å²) in [5, 5.41) is 8.69. The van der Waals surface area contributed by atoms with E-state index in [0.717, 1.165) is 23.3 Å². The summed E-state index contributed by atoms with van der Waals surface area (Å²) in [7, 11) is 0. The minimum Gasteiger partial charge on any atom is -0.483 e. The molecule has 0 aromatic heterocycles. The van der Waals surface area contributed by atoms with E-state index in [9.17, 15) is 13.6 Å². The van der Waals surface area contributed by atoms with Crippen LogP contribution in [-0.4, -0.2) is 11.1 Å². The van der Waals surface area contributed by atoms with Crippen LogP contribution in [0.5, 0.6) is 5.75 Å². The van der Waals surface area contributed by atoms with E-state index in [1.807, 2.05) is 25.1 Å². The standard InChI is InChI=1S/C15H12F2O3/c1-9-3-2-4-10(5-9)8-20-14-12(16)6-11(15(18)19)7-13(14)17/h2-7H,8H2,1H3,(H,18,19). The van der Waals surface area contributed by atoms with Crippen molar-refractivity contribution in [3.05, 3.63) is 64.7 Å². The van der Waals surface area contributed by atoms with Crippen molar-refractivity contribution in [2.24, 2.45) is 0 Å². The fourth-order valence-electron chi connectivity index (χ4n) is 1.78. The zero-order chi connectivity index (χ0) is 14.7. The molecule has 20 heavy (non-hydrogen) atoms. The van der Waals surface area contributed by atoms with Crippen LogP contribution in [0.3, 0.4) is 0 Å². The molecule has 0 amide bonds. The number of aromatic carboxylic acids is 1. The lowest BCUT2D eigenvalue weighted by Gasteiger charge is -2.09. The minimum absolute atomic E-state index is 0.00192. The number of carboxylic acids is 1. The monoisotopic (exact) mass is 278 g/mol. The van der Waals surface area contributed by atoms with Crippen LogP contribution in [0.15, 0.2) is 36.4 Å². The fourth-order valence-corrected chi connectivity index (χ4v) is 1.78. The number of rotatable bonds is 4. The van der Waals surface area contributed by atoms with Gasteiger partial charge in [-0.05, 0) is 24.6 Å². The maximum absolute atomic E-state index is 13.6. The van der Waals surface area contributed by atoms with E-state index in [0.29, 0.717) is 0 Å². The molecule has 0 aliphatic carbocycles. The summed E-state index contributed by atoms with van der Waals surface area (Å²) in [6.45, 7) is 1.90. The topological polar surface area (TPSA) is 46.5 Å². The smallest absolute Gasteiger partial charge is 0.335 e. The average molecular weight is 278 g/mol. The van der Waals surface area contributed by atoms with Crippen molar-refractivity contribution in [1.82, 2.24) is 0 Å². The molecule has 0 unspecified atom stereocenters. The van der Waals surface area contributed by atoms with Gasteiger partial charge in [0.25, 0.3) is 0 Å². The van der Waals surface area contributed by atoms with E-state index < -0.39 is 28.9 Å². The number of aryl methyl sites for hydroxylation is 1. The fraction of sp³-hybridized carbons (Fsp3) is 0.133. The van der Waals surface area contributed by atoms with E-state index in [1.54, 1.807) is 6.07 Å². The second-order valence-corrected chi connectivity index (χ2v) is 4.35. The Balaban J connectivity index is 2.20. The molecule has 0 spiro atoms. The Labute approximate surface area is 114 Å². The number of hydrogen-bond acceptors (Lipinski definition) is 2. The zero-order valence-corrected chi connectivity index (χ0v) is 10.7. The first kappa shape index (κ1) is 14.0. The third-order valence-electron chi connectivity index (χ3n) is 2.71. The molecule has 5 heteroatoms. The van der Waals surface area contributed by atoms with Crippen LogP contribution < -0.4 is 4.74 Å². The van der Waals surface area contributed by atoms with Crippen molar-refractivity contribution in [2.75, 3.05) is 0 Å². The molecule has 0 atom stereocenters. The predicted molar refractivity (Wildman–Crippen MR) is 68.8 cm³/mol. The molecule has 1 N–H and O–H groups in total. The minimum atomic E-state index is -1.40. The lowest BCUT2D eigenvalue weighted by molar-refractivity contribution is 0.0695. The van der Waals surface area contributed by atoms with Crippen molar-refractivity contribution >= 4 is 5.97 Å². The molecule has 0 fully saturated rings. The summed E-state index contributed by atoms with van der Waals surface area (Å²) >= 11 is 0. The summed E-state index contributed by atoms with van der Waals surface area (Å²) in [5.74, 6) is -4.03. The maximum atomic E-state index is 13.6. The van der Waals surface area contributed by atoms with E-state index in [2.05, 4.69) is 0 Å². The molecular weight excluding hydrogens is 266 g/mol. The van der Waals surface area contributed by atoms with Crippen molar-refractivity contribution in [3.63, 3.8) is 0 Å². The Hall–Kier alpha value is -2.43. The molecule has 2 rings (SSSR count). The number of halogens is 2. The van der Waals surface area contributed by atoms with Gasteiger partial charge in [-0.25, -0.2) is 13.6 Å². The van der Waals surface area contributed by atoms with Gasteiger partial charge in [0, 0.05) is 0 Å². The van der Waals surface area contributed by atoms with Gasteiger partial charge in [-0.1, -0.05) is 29.8 Å². The van der Waals surface area contributed by atoms with E-state index in [4.69, 9.17) is 9.84 Å². The molecule has 0 bridgehead atoms. The summed E-state index contributed by atoms with van der Waals surface area (Å²) in [6.07, 6.45) is 0. The molecule has 3 nitrogen and oxygen atoms in total. The van der Waals surface area contributed by atoms with Gasteiger partial charge < -0.3 is 9.84 Å². The third kappa shape index (κ3) is 3.12. The molecule has 2 aromatic rings. The first-order chi connectivity index (χ1) is 9.47. The van der Waals surface area contributed by atoms with Crippen molar-refractivity contribution < 1.29 is 23.4 Å². The molecule has 0 saturated carbocycles. The second-order valence-electron chi connectivity index (χ2n) is 4.35. The number of carboxylic acid groups (broad SMARTS) is 1. The van der Waals surface area contributed by atoms with Crippen LogP contribution in [0, 0.1) is 18.6 Å². The van der Waals surface area contributed by atoms with Crippen LogP contribution in [0.25, 0.3) is 0 Å². The molecule has 104 valence electrons. The molecule has 0 saturated heterocycles. The zero-order valence-electron chi connectivity index (χ0n) is 10.7. The second kappa shape index (κ2) is 5.69. The van der Waals surface area contributed by atoms with Crippen molar-refractivity contribution in [2.45, 2.75) is 13.5 Å². The van der Waals surface area contributed by atoms with Gasteiger partial charge >= 0.3 is 5.97 Å². The highest BCUT2D eigenvalue weighted by Crippen LogP contribution is 2.24. The van der Waals surface area contributed by atoms with Crippen LogP contribution in [-0.2, 0) is 6.61 Å². The van der Waals surface area contributed by atoms with Crippen LogP contribution in [0.4, 0.5) is 8.78 Å². The third-order valence-corrected chi connectivity index (χ3v) is 2.71. The molecule has 0 aliphatic rings. The highest BCUT2D eigenvalue weighted by molar-refractivity contribution is 5.87. The first-order valence-corrected chi connectivity index (χ1v) is 5.88. The van der Waals surface area contributed by atoms with Crippen molar-refractivity contribution in [1.29, 1.82) is 0 Å². The summed E-state index contributed by atoms with van der Waals surface area (Å²) < 4.78 is 32.4. The number of ether oxygens (including phenoxy) is 1. The van der Waals surface area contributed by atoms with E-state index >= 15 is 0 Å². The predicted octanol–water partition coefficient (Wildman–Crippen LogP) is 3.55. The Bertz CT molecular complexity index is 630. The lowest BCUT2D eigenvalue weighted by Crippen LogP contribution is -2.04. The summed E-state index contributed by atoms with van der Waals surface area (Å²) in [6, 6.07) is 8.78. The van der Waals surface area contributed by atoms with Gasteiger partial charge in [0.05, 0.1) is 5.56 Å². The average Bonchev–Trinajstić information content (AvgIpc) is 2.37. The number of hydrogen-bond donors (Lipinski definition) is 1. The summed E-state index contributed by atoms with van der Waals surface area (Å²) in [5.41, 5.74) is 1.32. The van der Waals surface area contributed by atoms with Gasteiger partial charge in [-0.3, -0.25) is 0 Å². The molecule has 0 radical (unpaired) electrons. The van der Waals surface area contributed by atoms with Gasteiger partial charge in [0.2, 0.25) is 0 Å². The van der Waals surface area contributed by atoms with Gasteiger partial charge in [0.1, 0.15) is 6.61 Å². The maximum Gasteiger partial charge on any atom is 0.335 e. The van der Waals surface area contributed by atoms with E-state index in [-0.39, 0.29) is 6.61 Å². The SMILES string of the molecule is Cc1cccc(COc2c(F)cc(C(=O)O)cc2F)c1. The molecule has 0 heterocycles. The van der Waals surface area contributed by atoms with Crippen molar-refractivity contribution in [3.8, 4) is 5.75 Å². The Morgan fingerprint density at radius 2 is 1.85 bits per heavy atom. The molecular formula is C15H12F2O3. The van der Waals surface area contributed by atoms with Crippen LogP contribution in [0.2, 0.25) is 0 Å². The largest absolute Gasteiger partial charge is 0.483 e. The Kier molecular flexibility index (Phi) is 3.98. The van der Waals surface area contributed by atoms with E-state index in [1.165, 1.54) is 0 Å². The van der Waals surface area contributed by atoms with Gasteiger partial charge in [-0.15, -0.1) is 0 Å². The lowest BCUT2D eigenvalue weighted by atomic mass is 10.1. The summed E-state index contributed by atoms with van der Waals surface area (Å²) in [4.78, 5) is 10.7. The van der Waals surface area contributed by atoms with Gasteiger partial charge in [0.15, 0.2) is 17.4 Å². The number of carbonyl (C=O) groups is 1.